The second-order valence-corrected chi connectivity index (χ2v) is 18.0. The van der Waals surface area contributed by atoms with Crippen molar-refractivity contribution in [1.29, 1.82) is 0 Å². The molecule has 0 aliphatic carbocycles. The van der Waals surface area contributed by atoms with E-state index in [2.05, 4.69) is 74.6 Å². The van der Waals surface area contributed by atoms with Crippen molar-refractivity contribution < 1.29 is 38.2 Å². The fraction of sp³-hybridized carbons (Fsp3) is 0.759. The number of carboxylic acid groups (broad SMARTS) is 1. The summed E-state index contributed by atoms with van der Waals surface area (Å²) in [5.41, 5.74) is 0. The van der Waals surface area contributed by atoms with Crippen LogP contribution in [0.4, 0.5) is 0 Å². The van der Waals surface area contributed by atoms with Gasteiger partial charge in [0.25, 0.3) is 0 Å². The summed E-state index contributed by atoms with van der Waals surface area (Å²) >= 11 is 0. The van der Waals surface area contributed by atoms with Crippen LogP contribution in [0.3, 0.4) is 0 Å². The summed E-state index contributed by atoms with van der Waals surface area (Å²) < 4.78 is 17.2. The second kappa shape index (κ2) is 44.6. The largest absolute Gasteiger partial charge is 0.544 e. The summed E-state index contributed by atoms with van der Waals surface area (Å²) in [6.45, 7) is 4.51. The molecule has 0 bridgehead atoms. The lowest BCUT2D eigenvalue weighted by Gasteiger charge is -2.34. The van der Waals surface area contributed by atoms with Crippen molar-refractivity contribution in [3.05, 3.63) is 60.8 Å². The number of nitrogens with zero attached hydrogens (tertiary/aromatic N) is 1. The van der Waals surface area contributed by atoms with Gasteiger partial charge in [-0.2, -0.15) is 0 Å². The summed E-state index contributed by atoms with van der Waals surface area (Å²) in [4.78, 5) is 37.0. The van der Waals surface area contributed by atoms with E-state index in [4.69, 9.17) is 14.2 Å². The number of hydrogen-bond acceptors (Lipinski definition) is 7. The van der Waals surface area contributed by atoms with Crippen LogP contribution in [0.1, 0.15) is 213 Å². The molecule has 0 N–H and O–H groups in total. The molecule has 0 aromatic heterocycles. The maximum Gasteiger partial charge on any atom is 0.306 e. The van der Waals surface area contributed by atoms with E-state index >= 15 is 0 Å². The van der Waals surface area contributed by atoms with Gasteiger partial charge in [0.2, 0.25) is 0 Å². The van der Waals surface area contributed by atoms with Crippen molar-refractivity contribution >= 4 is 17.9 Å². The van der Waals surface area contributed by atoms with Gasteiger partial charge in [0.15, 0.2) is 6.10 Å². The van der Waals surface area contributed by atoms with E-state index in [1.165, 1.54) is 116 Å². The number of hydrogen-bond donors (Lipinski definition) is 0. The van der Waals surface area contributed by atoms with Gasteiger partial charge in [0.1, 0.15) is 12.6 Å². The van der Waals surface area contributed by atoms with Crippen LogP contribution in [0.25, 0.3) is 0 Å². The highest BCUT2D eigenvalue weighted by Gasteiger charge is 2.25. The molecule has 0 spiro atoms. The smallest absolute Gasteiger partial charge is 0.306 e. The van der Waals surface area contributed by atoms with Crippen molar-refractivity contribution in [2.75, 3.05) is 41.0 Å². The highest BCUT2D eigenvalue weighted by atomic mass is 16.6. The van der Waals surface area contributed by atoms with Gasteiger partial charge in [-0.1, -0.05) is 203 Å². The third-order valence-corrected chi connectivity index (χ3v) is 11.2. The highest BCUT2D eigenvalue weighted by molar-refractivity contribution is 5.70. The van der Waals surface area contributed by atoms with Gasteiger partial charge in [-0.15, -0.1) is 0 Å². The number of carboxylic acids is 1. The van der Waals surface area contributed by atoms with Crippen molar-refractivity contribution in [3.8, 4) is 0 Å². The van der Waals surface area contributed by atoms with E-state index in [9.17, 15) is 19.5 Å². The topological polar surface area (TPSA) is 102 Å². The molecule has 0 aromatic rings. The fourth-order valence-corrected chi connectivity index (χ4v) is 7.28. The molecule has 358 valence electrons. The molecule has 8 nitrogen and oxygen atoms in total. The maximum atomic E-state index is 12.8. The Labute approximate surface area is 381 Å². The zero-order valence-electron chi connectivity index (χ0n) is 40.8. The quantitative estimate of drug-likeness (QED) is 0.0260. The molecule has 0 aliphatic rings. The summed E-state index contributed by atoms with van der Waals surface area (Å²) in [5, 5.41) is 11.7. The number of rotatable bonds is 45. The molecule has 0 aromatic carbocycles. The lowest BCUT2D eigenvalue weighted by Crippen LogP contribution is -2.55. The molecule has 2 atom stereocenters. The molecule has 2 unspecified atom stereocenters. The molecule has 0 heterocycles. The van der Waals surface area contributed by atoms with Crippen LogP contribution in [0, 0.1) is 0 Å². The first-order valence-electron chi connectivity index (χ1n) is 25.3. The number of carbonyl (C=O) groups excluding carboxylic acids is 3. The molecule has 62 heavy (non-hydrogen) atoms. The standard InChI is InChI=1S/C54H95NO7/c1-6-8-10-12-14-16-18-20-22-24-25-26-27-29-31-33-35-37-39-41-43-45-53(57)62-50(48-60-47-46-51(54(58)59)55(3,4)5)49-61-52(56)44-42-40-38-36-34-32-30-28-23-21-19-17-15-13-11-9-7-2/h9,11,15,17,21,23,30,32,36,38,50-51H,6-8,10,12-14,16,18-20,22,24-29,31,33-35,37,39-49H2,1-5H3/b11-9+,17-15+,23-21+,32-30+,38-36+. The minimum Gasteiger partial charge on any atom is -0.544 e. The molecule has 0 rings (SSSR count). The van der Waals surface area contributed by atoms with Crippen molar-refractivity contribution in [1.82, 2.24) is 0 Å². The summed E-state index contributed by atoms with van der Waals surface area (Å²) in [6.07, 6.45) is 55.5. The number of carbonyl (C=O) groups is 3. The first-order chi connectivity index (χ1) is 30.1. The van der Waals surface area contributed by atoms with E-state index in [-0.39, 0.29) is 49.1 Å². The Bertz CT molecular complexity index is 1200. The Morgan fingerprint density at radius 2 is 0.903 bits per heavy atom. The minimum atomic E-state index is -1.13. The summed E-state index contributed by atoms with van der Waals surface area (Å²) in [6, 6.07) is -0.735. The lowest BCUT2D eigenvalue weighted by molar-refractivity contribution is -0.889. The molecular formula is C54H95NO7. The number of aliphatic carboxylic acids is 1. The number of esters is 2. The summed E-state index contributed by atoms with van der Waals surface area (Å²) in [7, 11) is 5.40. The molecule has 0 amide bonds. The molecule has 0 saturated carbocycles. The van der Waals surface area contributed by atoms with Crippen LogP contribution >= 0.6 is 0 Å². The molecule has 0 aliphatic heterocycles. The van der Waals surface area contributed by atoms with Gasteiger partial charge in [-0.05, 0) is 51.4 Å². The minimum absolute atomic E-state index is 0.0231. The van der Waals surface area contributed by atoms with Gasteiger partial charge in [0.05, 0.1) is 40.3 Å². The Morgan fingerprint density at radius 3 is 1.32 bits per heavy atom. The predicted octanol–water partition coefficient (Wildman–Crippen LogP) is 13.2. The van der Waals surface area contributed by atoms with Gasteiger partial charge in [-0.3, -0.25) is 9.59 Å². The number of allylic oxidation sites excluding steroid dienone is 10. The van der Waals surface area contributed by atoms with E-state index in [0.717, 1.165) is 57.8 Å². The zero-order chi connectivity index (χ0) is 45.6. The Morgan fingerprint density at radius 1 is 0.500 bits per heavy atom. The van der Waals surface area contributed by atoms with Crippen LogP contribution in [-0.4, -0.2) is 75.5 Å². The van der Waals surface area contributed by atoms with Crippen LogP contribution in [0.15, 0.2) is 60.8 Å². The number of unbranched alkanes of at least 4 members (excludes halogenated alkanes) is 21. The number of ether oxygens (including phenoxy) is 3. The predicted molar refractivity (Wildman–Crippen MR) is 259 cm³/mol. The average molecular weight is 870 g/mol. The van der Waals surface area contributed by atoms with Gasteiger partial charge >= 0.3 is 11.9 Å². The van der Waals surface area contributed by atoms with E-state index in [1.54, 1.807) is 21.1 Å². The van der Waals surface area contributed by atoms with E-state index < -0.39 is 18.1 Å². The number of quaternary nitrogens is 1. The van der Waals surface area contributed by atoms with Crippen LogP contribution in [0.2, 0.25) is 0 Å². The molecule has 0 saturated heterocycles. The van der Waals surface area contributed by atoms with Gasteiger partial charge in [0, 0.05) is 19.3 Å². The maximum absolute atomic E-state index is 12.8. The highest BCUT2D eigenvalue weighted by Crippen LogP contribution is 2.16. The first kappa shape index (κ1) is 59.0. The van der Waals surface area contributed by atoms with E-state index in [1.807, 2.05) is 0 Å². The van der Waals surface area contributed by atoms with Crippen molar-refractivity contribution in [3.63, 3.8) is 0 Å². The normalized spacial score (nSPS) is 13.4. The second-order valence-electron chi connectivity index (χ2n) is 18.0. The van der Waals surface area contributed by atoms with Crippen LogP contribution in [-0.2, 0) is 28.6 Å². The molecular weight excluding hydrogens is 775 g/mol. The van der Waals surface area contributed by atoms with Crippen LogP contribution < -0.4 is 5.11 Å². The van der Waals surface area contributed by atoms with Gasteiger partial charge < -0.3 is 28.6 Å². The monoisotopic (exact) mass is 870 g/mol. The molecule has 8 heteroatoms. The molecule has 0 fully saturated rings. The lowest BCUT2D eigenvalue weighted by atomic mass is 10.0. The van der Waals surface area contributed by atoms with Gasteiger partial charge in [-0.25, -0.2) is 0 Å². The Hall–Kier alpha value is -2.97. The Kier molecular flexibility index (Phi) is 42.5. The SMILES string of the molecule is CC/C=C/C/C=C/C/C=C/C/C=C/C/C=C/CCCC(=O)OCC(COCCC(C(=O)[O-])[N+](C)(C)C)OC(=O)CCCCCCCCCCCCCCCCCCCCCCC. The number of likely N-dealkylation sites (N-methyl/N-ethyl adjacent to an activating group) is 1. The third-order valence-electron chi connectivity index (χ3n) is 11.2. The average Bonchev–Trinajstić information content (AvgIpc) is 3.23. The van der Waals surface area contributed by atoms with Crippen molar-refractivity contribution in [2.45, 2.75) is 225 Å². The molecule has 0 radical (unpaired) electrons. The van der Waals surface area contributed by atoms with Crippen molar-refractivity contribution in [2.24, 2.45) is 0 Å². The van der Waals surface area contributed by atoms with E-state index in [0.29, 0.717) is 12.8 Å². The van der Waals surface area contributed by atoms with Crippen LogP contribution in [0.5, 0.6) is 0 Å². The third kappa shape index (κ3) is 42.3. The first-order valence-corrected chi connectivity index (χ1v) is 25.3. The fourth-order valence-electron chi connectivity index (χ4n) is 7.28. The zero-order valence-corrected chi connectivity index (χ0v) is 40.8. The Balaban J connectivity index is 4.30. The summed E-state index contributed by atoms with van der Waals surface area (Å²) in [5.74, 6) is -1.80.